The van der Waals surface area contributed by atoms with Crippen LogP contribution >= 0.6 is 11.6 Å². The van der Waals surface area contributed by atoms with Crippen LogP contribution in [-0.4, -0.2) is 18.2 Å². The van der Waals surface area contributed by atoms with Crippen molar-refractivity contribution >= 4 is 29.0 Å². The van der Waals surface area contributed by atoms with E-state index in [-0.39, 0.29) is 18.1 Å². The van der Waals surface area contributed by atoms with Gasteiger partial charge in [0, 0.05) is 23.7 Å². The number of ketones is 1. The summed E-state index contributed by atoms with van der Waals surface area (Å²) in [6.07, 6.45) is 0.434. The molecule has 0 N–H and O–H groups in total. The molecule has 84 valence electrons. The Kier molecular flexibility index (Phi) is 2.97. The maximum atomic E-state index is 11.7. The average Bonchev–Trinajstić information content (AvgIpc) is 2.23. The molecule has 3 nitrogen and oxygen atoms in total. The lowest BCUT2D eigenvalue weighted by Gasteiger charge is -2.27. The highest BCUT2D eigenvalue weighted by Gasteiger charge is 2.25. The molecule has 1 aromatic carbocycles. The molecule has 0 unspecified atom stereocenters. The predicted molar refractivity (Wildman–Crippen MR) is 62.8 cm³/mol. The van der Waals surface area contributed by atoms with Crippen molar-refractivity contribution in [3.63, 3.8) is 0 Å². The van der Waals surface area contributed by atoms with Crippen LogP contribution in [-0.2, 0) is 9.59 Å². The molecule has 0 radical (unpaired) electrons. The summed E-state index contributed by atoms with van der Waals surface area (Å²) in [6.45, 7) is 2.33. The Morgan fingerprint density at radius 3 is 2.75 bits per heavy atom. The van der Waals surface area contributed by atoms with E-state index in [1.54, 1.807) is 11.0 Å². The second kappa shape index (κ2) is 4.26. The second-order valence-electron chi connectivity index (χ2n) is 3.89. The highest BCUT2D eigenvalue weighted by Crippen LogP contribution is 2.28. The van der Waals surface area contributed by atoms with Crippen molar-refractivity contribution in [3.8, 4) is 0 Å². The van der Waals surface area contributed by atoms with E-state index in [1.807, 2.05) is 19.1 Å². The molecule has 1 aliphatic heterocycles. The van der Waals surface area contributed by atoms with E-state index in [9.17, 15) is 9.59 Å². The number of hydrogen-bond donors (Lipinski definition) is 0. The summed E-state index contributed by atoms with van der Waals surface area (Å²) in [6, 6.07) is 5.46. The second-order valence-corrected chi connectivity index (χ2v) is 4.30. The Hall–Kier alpha value is -1.35. The zero-order valence-electron chi connectivity index (χ0n) is 9.00. The van der Waals surface area contributed by atoms with Crippen LogP contribution in [0.2, 0.25) is 5.02 Å². The molecule has 0 saturated carbocycles. The fourth-order valence-corrected chi connectivity index (χ4v) is 2.03. The van der Waals surface area contributed by atoms with Crippen molar-refractivity contribution in [3.05, 3.63) is 28.8 Å². The van der Waals surface area contributed by atoms with Gasteiger partial charge in [0.1, 0.15) is 5.78 Å². The first-order valence-electron chi connectivity index (χ1n) is 5.17. The standard InChI is InChI=1S/C12H12ClNO2/c1-8-10(13)3-2-4-11(8)14-6-5-9(15)7-12(14)16/h2-4H,5-7H2,1H3. The number of amides is 1. The van der Waals surface area contributed by atoms with Gasteiger partial charge < -0.3 is 4.90 Å². The molecule has 0 aliphatic carbocycles. The first-order chi connectivity index (χ1) is 7.59. The molecular weight excluding hydrogens is 226 g/mol. The Bertz CT molecular complexity index is 456. The lowest BCUT2D eigenvalue weighted by atomic mass is 10.1. The van der Waals surface area contributed by atoms with E-state index in [2.05, 4.69) is 0 Å². The number of anilines is 1. The number of rotatable bonds is 1. The molecule has 0 bridgehead atoms. The molecule has 1 saturated heterocycles. The van der Waals surface area contributed by atoms with Gasteiger partial charge in [-0.15, -0.1) is 0 Å². The minimum Gasteiger partial charge on any atom is -0.311 e. The van der Waals surface area contributed by atoms with Crippen LogP contribution in [0.15, 0.2) is 18.2 Å². The van der Waals surface area contributed by atoms with Gasteiger partial charge in [0.25, 0.3) is 0 Å². The van der Waals surface area contributed by atoms with Gasteiger partial charge in [-0.05, 0) is 24.6 Å². The zero-order valence-corrected chi connectivity index (χ0v) is 9.75. The number of carbonyl (C=O) groups is 2. The number of carbonyl (C=O) groups excluding carboxylic acids is 2. The smallest absolute Gasteiger partial charge is 0.234 e. The summed E-state index contributed by atoms with van der Waals surface area (Å²) in [5, 5.41) is 0.641. The van der Waals surface area contributed by atoms with Gasteiger partial charge in [-0.2, -0.15) is 0 Å². The minimum atomic E-state index is -0.137. The molecule has 4 heteroatoms. The van der Waals surface area contributed by atoms with Crippen LogP contribution in [0.4, 0.5) is 5.69 Å². The summed E-state index contributed by atoms with van der Waals surface area (Å²) >= 11 is 6.00. The lowest BCUT2D eigenvalue weighted by Crippen LogP contribution is -2.39. The van der Waals surface area contributed by atoms with Crippen molar-refractivity contribution in [1.82, 2.24) is 0 Å². The monoisotopic (exact) mass is 237 g/mol. The highest BCUT2D eigenvalue weighted by atomic mass is 35.5. The highest BCUT2D eigenvalue weighted by molar-refractivity contribution is 6.31. The fourth-order valence-electron chi connectivity index (χ4n) is 1.86. The van der Waals surface area contributed by atoms with Gasteiger partial charge in [-0.25, -0.2) is 0 Å². The first kappa shape index (κ1) is 11.1. The Balaban J connectivity index is 2.34. The normalized spacial score (nSPS) is 16.8. The molecular formula is C12H12ClNO2. The molecule has 1 heterocycles. The number of hydrogen-bond acceptors (Lipinski definition) is 2. The molecule has 0 aromatic heterocycles. The van der Waals surface area contributed by atoms with E-state index >= 15 is 0 Å². The van der Waals surface area contributed by atoms with E-state index in [4.69, 9.17) is 11.6 Å². The SMILES string of the molecule is Cc1c(Cl)cccc1N1CCC(=O)CC1=O. The van der Waals surface area contributed by atoms with Gasteiger partial charge in [0.15, 0.2) is 0 Å². The number of nitrogens with zero attached hydrogens (tertiary/aromatic N) is 1. The quantitative estimate of drug-likeness (QED) is 0.703. The third-order valence-electron chi connectivity index (χ3n) is 2.79. The largest absolute Gasteiger partial charge is 0.311 e. The molecule has 2 rings (SSSR count). The molecule has 16 heavy (non-hydrogen) atoms. The summed E-state index contributed by atoms with van der Waals surface area (Å²) < 4.78 is 0. The molecule has 1 fully saturated rings. The van der Waals surface area contributed by atoms with Crippen LogP contribution in [0.25, 0.3) is 0 Å². The van der Waals surface area contributed by atoms with E-state index in [0.717, 1.165) is 11.3 Å². The van der Waals surface area contributed by atoms with Gasteiger partial charge in [0.2, 0.25) is 5.91 Å². The fraction of sp³-hybridized carbons (Fsp3) is 0.333. The maximum Gasteiger partial charge on any atom is 0.234 e. The number of halogens is 1. The molecule has 0 atom stereocenters. The van der Waals surface area contributed by atoms with Crippen LogP contribution < -0.4 is 4.90 Å². The molecule has 1 amide bonds. The zero-order chi connectivity index (χ0) is 11.7. The van der Waals surface area contributed by atoms with Crippen molar-refractivity contribution < 1.29 is 9.59 Å². The van der Waals surface area contributed by atoms with Crippen molar-refractivity contribution in [2.45, 2.75) is 19.8 Å². The van der Waals surface area contributed by atoms with Crippen molar-refractivity contribution in [1.29, 1.82) is 0 Å². The van der Waals surface area contributed by atoms with Gasteiger partial charge >= 0.3 is 0 Å². The third-order valence-corrected chi connectivity index (χ3v) is 3.20. The van der Waals surface area contributed by atoms with Crippen LogP contribution in [0.1, 0.15) is 18.4 Å². The topological polar surface area (TPSA) is 37.4 Å². The van der Waals surface area contributed by atoms with Gasteiger partial charge in [-0.1, -0.05) is 17.7 Å². The lowest BCUT2D eigenvalue weighted by molar-refractivity contribution is -0.128. The van der Waals surface area contributed by atoms with Crippen molar-refractivity contribution in [2.75, 3.05) is 11.4 Å². The Morgan fingerprint density at radius 1 is 1.31 bits per heavy atom. The third kappa shape index (κ3) is 1.95. The van der Waals surface area contributed by atoms with E-state index in [1.165, 1.54) is 0 Å². The number of piperidine rings is 1. The summed E-state index contributed by atoms with van der Waals surface area (Å²) in [5.74, 6) is -0.123. The molecule has 1 aliphatic rings. The molecule has 1 aromatic rings. The number of Topliss-reactive ketones (excluding diaryl/α,β-unsaturated/α-hetero) is 1. The van der Waals surface area contributed by atoms with Crippen LogP contribution in [0.5, 0.6) is 0 Å². The van der Waals surface area contributed by atoms with Crippen LogP contribution in [0.3, 0.4) is 0 Å². The van der Waals surface area contributed by atoms with Gasteiger partial charge in [-0.3, -0.25) is 9.59 Å². The summed E-state index contributed by atoms with van der Waals surface area (Å²) in [7, 11) is 0. The van der Waals surface area contributed by atoms with E-state index < -0.39 is 0 Å². The maximum absolute atomic E-state index is 11.7. The summed E-state index contributed by atoms with van der Waals surface area (Å²) in [5.41, 5.74) is 1.69. The van der Waals surface area contributed by atoms with E-state index in [0.29, 0.717) is 18.0 Å². The average molecular weight is 238 g/mol. The van der Waals surface area contributed by atoms with Crippen molar-refractivity contribution in [2.24, 2.45) is 0 Å². The summed E-state index contributed by atoms with van der Waals surface area (Å²) in [4.78, 5) is 24.5. The number of benzene rings is 1. The minimum absolute atomic E-state index is 0.00591. The molecule has 0 spiro atoms. The first-order valence-corrected chi connectivity index (χ1v) is 5.54. The Labute approximate surface area is 99.0 Å². The predicted octanol–water partition coefficient (Wildman–Crippen LogP) is 2.34. The Morgan fingerprint density at radius 2 is 2.06 bits per heavy atom. The van der Waals surface area contributed by atoms with Gasteiger partial charge in [0.05, 0.1) is 6.42 Å². The van der Waals surface area contributed by atoms with Crippen LogP contribution in [0, 0.1) is 6.92 Å².